The Morgan fingerprint density at radius 2 is 2.10 bits per heavy atom. The summed E-state index contributed by atoms with van der Waals surface area (Å²) < 4.78 is 7.58. The van der Waals surface area contributed by atoms with E-state index in [2.05, 4.69) is 17.1 Å². The van der Waals surface area contributed by atoms with Crippen LogP contribution in [0.25, 0.3) is 16.4 Å². The van der Waals surface area contributed by atoms with Crippen molar-refractivity contribution >= 4 is 29.0 Å². The van der Waals surface area contributed by atoms with Gasteiger partial charge in [0, 0.05) is 13.1 Å². The van der Waals surface area contributed by atoms with Crippen LogP contribution in [-0.2, 0) is 4.79 Å². The average molecular weight is 443 g/mol. The van der Waals surface area contributed by atoms with Gasteiger partial charge < -0.3 is 9.64 Å². The van der Waals surface area contributed by atoms with Gasteiger partial charge in [0.15, 0.2) is 11.0 Å². The van der Waals surface area contributed by atoms with Crippen molar-refractivity contribution in [2.24, 2.45) is 5.92 Å². The number of para-hydroxylation sites is 2. The fraction of sp³-hybridized carbons (Fsp3) is 0.409. The maximum atomic E-state index is 12.9. The third kappa shape index (κ3) is 4.70. The molecule has 0 bridgehead atoms. The molecule has 158 valence electrons. The van der Waals surface area contributed by atoms with Crippen LogP contribution in [0.15, 0.2) is 46.9 Å². The van der Waals surface area contributed by atoms with Crippen molar-refractivity contribution in [2.45, 2.75) is 31.3 Å². The van der Waals surface area contributed by atoms with E-state index in [1.807, 2.05) is 51.2 Å². The predicted octanol–water partition coefficient (Wildman–Crippen LogP) is 4.75. The minimum absolute atomic E-state index is 0.168. The Labute approximate surface area is 185 Å². The summed E-state index contributed by atoms with van der Waals surface area (Å²) in [7, 11) is 1.66. The molecule has 1 saturated carbocycles. The Balaban J connectivity index is 1.61. The highest BCUT2D eigenvalue weighted by molar-refractivity contribution is 7.99. The fourth-order valence-electron chi connectivity index (χ4n) is 3.38. The van der Waals surface area contributed by atoms with Gasteiger partial charge in [-0.15, -0.1) is 21.5 Å². The second-order valence-electron chi connectivity index (χ2n) is 7.36. The number of thioether (sulfide) groups is 1. The number of thiophene rings is 1. The fourth-order valence-corrected chi connectivity index (χ4v) is 4.92. The number of carbonyl (C=O) groups excluding carboxylic acids is 1. The van der Waals surface area contributed by atoms with E-state index in [1.165, 1.54) is 24.6 Å². The van der Waals surface area contributed by atoms with E-state index in [-0.39, 0.29) is 5.91 Å². The van der Waals surface area contributed by atoms with Gasteiger partial charge in [0.25, 0.3) is 0 Å². The zero-order valence-corrected chi connectivity index (χ0v) is 18.9. The summed E-state index contributed by atoms with van der Waals surface area (Å²) in [5, 5.41) is 11.6. The maximum Gasteiger partial charge on any atom is 0.233 e. The number of aromatic nitrogens is 3. The second kappa shape index (κ2) is 9.66. The first kappa shape index (κ1) is 20.9. The van der Waals surface area contributed by atoms with Gasteiger partial charge in [-0.1, -0.05) is 36.9 Å². The zero-order chi connectivity index (χ0) is 20.9. The van der Waals surface area contributed by atoms with E-state index in [1.54, 1.807) is 18.4 Å². The molecule has 0 saturated heterocycles. The molecule has 1 aromatic carbocycles. The maximum absolute atomic E-state index is 12.9. The lowest BCUT2D eigenvalue weighted by atomic mass is 10.3. The van der Waals surface area contributed by atoms with Crippen molar-refractivity contribution in [3.05, 3.63) is 41.8 Å². The summed E-state index contributed by atoms with van der Waals surface area (Å²) in [6.07, 6.45) is 3.46. The van der Waals surface area contributed by atoms with E-state index in [4.69, 9.17) is 4.74 Å². The Kier molecular flexibility index (Phi) is 6.74. The zero-order valence-electron chi connectivity index (χ0n) is 17.3. The smallest absolute Gasteiger partial charge is 0.233 e. The lowest BCUT2D eigenvalue weighted by molar-refractivity contribution is -0.128. The number of rotatable bonds is 10. The molecule has 0 aliphatic heterocycles. The van der Waals surface area contributed by atoms with Gasteiger partial charge >= 0.3 is 0 Å². The van der Waals surface area contributed by atoms with Gasteiger partial charge in [0.05, 0.1) is 23.4 Å². The largest absolute Gasteiger partial charge is 0.495 e. The molecular formula is C22H26N4O2S2. The molecule has 3 aromatic rings. The Morgan fingerprint density at radius 3 is 2.80 bits per heavy atom. The van der Waals surface area contributed by atoms with Crippen LogP contribution in [-0.4, -0.2) is 51.5 Å². The highest BCUT2D eigenvalue weighted by Crippen LogP contribution is 2.34. The summed E-state index contributed by atoms with van der Waals surface area (Å²) in [6.45, 7) is 3.81. The molecule has 30 heavy (non-hydrogen) atoms. The van der Waals surface area contributed by atoms with Crippen LogP contribution >= 0.6 is 23.1 Å². The topological polar surface area (TPSA) is 60.2 Å². The van der Waals surface area contributed by atoms with Crippen LogP contribution in [0.5, 0.6) is 5.75 Å². The first-order valence-corrected chi connectivity index (χ1v) is 12.1. The SMILES string of the molecule is CCCN(CC1CC1)C(=O)CSc1nnc(-c2cccs2)n1-c1ccccc1OC. The monoisotopic (exact) mass is 442 g/mol. The molecule has 1 fully saturated rings. The molecule has 0 radical (unpaired) electrons. The summed E-state index contributed by atoms with van der Waals surface area (Å²) in [4.78, 5) is 15.9. The first-order chi connectivity index (χ1) is 14.7. The molecule has 1 aliphatic rings. The normalized spacial score (nSPS) is 13.4. The van der Waals surface area contributed by atoms with Gasteiger partial charge in [-0.05, 0) is 48.8 Å². The molecule has 1 aliphatic carbocycles. The summed E-state index contributed by atoms with van der Waals surface area (Å²) >= 11 is 3.05. The van der Waals surface area contributed by atoms with Gasteiger partial charge in [-0.25, -0.2) is 0 Å². The summed E-state index contributed by atoms with van der Waals surface area (Å²) in [6, 6.07) is 11.8. The third-order valence-corrected chi connectivity index (χ3v) is 6.83. The predicted molar refractivity (Wildman–Crippen MR) is 122 cm³/mol. The van der Waals surface area contributed by atoms with Gasteiger partial charge in [-0.3, -0.25) is 9.36 Å². The van der Waals surface area contributed by atoms with Crippen LogP contribution in [0.3, 0.4) is 0 Å². The van der Waals surface area contributed by atoms with E-state index in [0.717, 1.165) is 41.6 Å². The van der Waals surface area contributed by atoms with Crippen LogP contribution in [0.1, 0.15) is 26.2 Å². The quantitative estimate of drug-likeness (QED) is 0.424. The molecule has 8 heteroatoms. The minimum atomic E-state index is 0.168. The molecule has 2 aromatic heterocycles. The molecule has 0 atom stereocenters. The molecular weight excluding hydrogens is 416 g/mol. The number of methoxy groups -OCH3 is 1. The van der Waals surface area contributed by atoms with Gasteiger partial charge in [-0.2, -0.15) is 0 Å². The lowest BCUT2D eigenvalue weighted by Gasteiger charge is -2.22. The molecule has 6 nitrogen and oxygen atoms in total. The number of amides is 1. The summed E-state index contributed by atoms with van der Waals surface area (Å²) in [5.41, 5.74) is 0.867. The first-order valence-electron chi connectivity index (χ1n) is 10.2. The number of ether oxygens (including phenoxy) is 1. The number of hydrogen-bond donors (Lipinski definition) is 0. The minimum Gasteiger partial charge on any atom is -0.495 e. The van der Waals surface area contributed by atoms with Crippen molar-refractivity contribution in [1.82, 2.24) is 19.7 Å². The Hall–Kier alpha value is -2.32. The number of benzene rings is 1. The Morgan fingerprint density at radius 1 is 1.27 bits per heavy atom. The van der Waals surface area contributed by atoms with Crippen LogP contribution in [0.2, 0.25) is 0 Å². The highest BCUT2D eigenvalue weighted by Gasteiger charge is 2.27. The molecule has 0 spiro atoms. The average Bonchev–Trinajstić information content (AvgIpc) is 3.25. The van der Waals surface area contributed by atoms with Crippen molar-refractivity contribution in [3.8, 4) is 22.1 Å². The molecule has 2 heterocycles. The third-order valence-electron chi connectivity index (χ3n) is 5.05. The van der Waals surface area contributed by atoms with Crippen molar-refractivity contribution < 1.29 is 9.53 Å². The van der Waals surface area contributed by atoms with Crippen molar-refractivity contribution in [2.75, 3.05) is 26.0 Å². The van der Waals surface area contributed by atoms with E-state index in [9.17, 15) is 4.79 Å². The van der Waals surface area contributed by atoms with E-state index < -0.39 is 0 Å². The van der Waals surface area contributed by atoms with Crippen molar-refractivity contribution in [3.63, 3.8) is 0 Å². The molecule has 0 unspecified atom stereocenters. The number of nitrogens with zero attached hydrogens (tertiary/aromatic N) is 4. The van der Waals surface area contributed by atoms with Crippen molar-refractivity contribution in [1.29, 1.82) is 0 Å². The summed E-state index contributed by atoms with van der Waals surface area (Å²) in [5.74, 6) is 2.70. The van der Waals surface area contributed by atoms with Crippen LogP contribution < -0.4 is 4.74 Å². The molecule has 0 N–H and O–H groups in total. The number of hydrogen-bond acceptors (Lipinski definition) is 6. The molecule has 4 rings (SSSR count). The lowest BCUT2D eigenvalue weighted by Crippen LogP contribution is -2.35. The Bertz CT molecular complexity index is 983. The molecule has 1 amide bonds. The second-order valence-corrected chi connectivity index (χ2v) is 9.25. The van der Waals surface area contributed by atoms with Gasteiger partial charge in [0.1, 0.15) is 5.75 Å². The van der Waals surface area contributed by atoms with Crippen LogP contribution in [0.4, 0.5) is 0 Å². The van der Waals surface area contributed by atoms with Gasteiger partial charge in [0.2, 0.25) is 5.91 Å². The standard InChI is InChI=1S/C22H26N4O2S2/c1-3-12-25(14-16-10-11-16)20(27)15-30-22-24-23-21(19-9-6-13-29-19)26(22)17-7-4-5-8-18(17)28-2/h4-9,13,16H,3,10-12,14-15H2,1-2H3. The number of carbonyl (C=O) groups is 1. The highest BCUT2D eigenvalue weighted by atomic mass is 32.2. The van der Waals surface area contributed by atoms with E-state index >= 15 is 0 Å². The van der Waals surface area contributed by atoms with Crippen LogP contribution in [0, 0.1) is 5.92 Å². The van der Waals surface area contributed by atoms with E-state index in [0.29, 0.717) is 16.8 Å².